The number of carbonyl (C=O) groups excluding carboxylic acids is 2. The largest absolute Gasteiger partial charge is 0.493 e. The summed E-state index contributed by atoms with van der Waals surface area (Å²) >= 11 is 1.60. The highest BCUT2D eigenvalue weighted by Gasteiger charge is 2.19. The van der Waals surface area contributed by atoms with Gasteiger partial charge in [-0.2, -0.15) is 0 Å². The van der Waals surface area contributed by atoms with Gasteiger partial charge in [-0.25, -0.2) is 4.79 Å². The summed E-state index contributed by atoms with van der Waals surface area (Å²) in [5, 5.41) is 4.71. The Morgan fingerprint density at radius 3 is 2.42 bits per heavy atom. The summed E-state index contributed by atoms with van der Waals surface area (Å²) in [4.78, 5) is 25.3. The summed E-state index contributed by atoms with van der Waals surface area (Å²) in [5.74, 6) is 0.0403. The molecule has 0 aliphatic heterocycles. The topological polar surface area (TPSA) is 73.9 Å². The highest BCUT2D eigenvalue weighted by Crippen LogP contribution is 2.33. The average Bonchev–Trinajstić information content (AvgIpc) is 3.12. The van der Waals surface area contributed by atoms with E-state index in [1.807, 2.05) is 17.5 Å². The van der Waals surface area contributed by atoms with Crippen molar-refractivity contribution in [1.82, 2.24) is 0 Å². The second kappa shape index (κ2) is 8.35. The lowest BCUT2D eigenvalue weighted by Gasteiger charge is -2.14. The van der Waals surface area contributed by atoms with Crippen LogP contribution in [0.1, 0.15) is 21.7 Å². The van der Waals surface area contributed by atoms with Crippen molar-refractivity contribution in [3.8, 4) is 11.5 Å². The second-order valence-corrected chi connectivity index (χ2v) is 5.90. The van der Waals surface area contributed by atoms with E-state index in [-0.39, 0.29) is 11.5 Å². The van der Waals surface area contributed by atoms with Gasteiger partial charge >= 0.3 is 5.97 Å². The minimum Gasteiger partial charge on any atom is -0.493 e. The molecule has 6 nitrogen and oxygen atoms in total. The minimum absolute atomic E-state index is 0.194. The normalized spacial score (nSPS) is 10.1. The average molecular weight is 349 g/mol. The molecule has 0 saturated carbocycles. The van der Waals surface area contributed by atoms with Gasteiger partial charge in [-0.1, -0.05) is 6.07 Å². The molecule has 0 fully saturated rings. The molecule has 2 aromatic rings. The molecule has 1 heterocycles. The quantitative estimate of drug-likeness (QED) is 0.778. The number of aryl methyl sites for hydroxylation is 1. The van der Waals surface area contributed by atoms with Crippen molar-refractivity contribution in [1.29, 1.82) is 0 Å². The van der Waals surface area contributed by atoms with Gasteiger partial charge in [0, 0.05) is 23.4 Å². The van der Waals surface area contributed by atoms with Crippen molar-refractivity contribution in [3.05, 3.63) is 40.1 Å². The molecule has 0 unspecified atom stereocenters. The van der Waals surface area contributed by atoms with Crippen molar-refractivity contribution < 1.29 is 23.8 Å². The van der Waals surface area contributed by atoms with Gasteiger partial charge in [0.25, 0.3) is 0 Å². The van der Waals surface area contributed by atoms with E-state index in [2.05, 4.69) is 5.32 Å². The first-order valence-electron chi connectivity index (χ1n) is 7.25. The predicted molar refractivity (Wildman–Crippen MR) is 92.2 cm³/mol. The smallest absolute Gasteiger partial charge is 0.340 e. The fourth-order valence-corrected chi connectivity index (χ4v) is 2.87. The first-order valence-corrected chi connectivity index (χ1v) is 8.13. The molecule has 0 saturated heterocycles. The first kappa shape index (κ1) is 17.8. The van der Waals surface area contributed by atoms with Crippen LogP contribution in [0.4, 0.5) is 5.69 Å². The van der Waals surface area contributed by atoms with E-state index >= 15 is 0 Å². The van der Waals surface area contributed by atoms with Crippen LogP contribution >= 0.6 is 11.3 Å². The maximum absolute atomic E-state index is 12.2. The Labute approximate surface area is 144 Å². The Morgan fingerprint density at radius 2 is 1.83 bits per heavy atom. The molecule has 0 bridgehead atoms. The van der Waals surface area contributed by atoms with Crippen LogP contribution in [0.25, 0.3) is 0 Å². The van der Waals surface area contributed by atoms with E-state index in [1.165, 1.54) is 27.4 Å². The molecule has 1 amide bonds. The van der Waals surface area contributed by atoms with Gasteiger partial charge in [0.15, 0.2) is 11.5 Å². The fraction of sp³-hybridized carbons (Fsp3) is 0.294. The van der Waals surface area contributed by atoms with Gasteiger partial charge in [-0.05, 0) is 17.9 Å². The Morgan fingerprint density at radius 1 is 1.12 bits per heavy atom. The second-order valence-electron chi connectivity index (χ2n) is 4.87. The number of esters is 1. The molecule has 7 heteroatoms. The van der Waals surface area contributed by atoms with Crippen LogP contribution in [-0.4, -0.2) is 33.2 Å². The number of ether oxygens (including phenoxy) is 3. The van der Waals surface area contributed by atoms with Crippen LogP contribution in [0.3, 0.4) is 0 Å². The standard InChI is InChI=1S/C17H19NO5S/c1-21-14-9-12(17(20)23-3)13(10-15(14)22-2)18-16(19)7-6-11-5-4-8-24-11/h4-5,8-10H,6-7H2,1-3H3,(H,18,19). The van der Waals surface area contributed by atoms with E-state index in [0.29, 0.717) is 30.0 Å². The number of methoxy groups -OCH3 is 3. The zero-order valence-corrected chi connectivity index (χ0v) is 14.6. The number of thiophene rings is 1. The molecule has 0 aliphatic rings. The van der Waals surface area contributed by atoms with E-state index in [4.69, 9.17) is 14.2 Å². The molecule has 0 radical (unpaired) electrons. The Bertz CT molecular complexity index is 712. The van der Waals surface area contributed by atoms with E-state index < -0.39 is 5.97 Å². The van der Waals surface area contributed by atoms with Crippen LogP contribution in [0, 0.1) is 0 Å². The molecule has 1 aromatic heterocycles. The number of hydrogen-bond acceptors (Lipinski definition) is 6. The summed E-state index contributed by atoms with van der Waals surface area (Å²) in [6.07, 6.45) is 0.958. The van der Waals surface area contributed by atoms with Crippen molar-refractivity contribution in [2.24, 2.45) is 0 Å². The number of amides is 1. The molecular weight excluding hydrogens is 330 g/mol. The van der Waals surface area contributed by atoms with Crippen molar-refractivity contribution in [3.63, 3.8) is 0 Å². The maximum atomic E-state index is 12.2. The first-order chi connectivity index (χ1) is 11.6. The minimum atomic E-state index is -0.565. The lowest BCUT2D eigenvalue weighted by atomic mass is 10.1. The monoisotopic (exact) mass is 349 g/mol. The third-order valence-electron chi connectivity index (χ3n) is 3.38. The third kappa shape index (κ3) is 4.26. The maximum Gasteiger partial charge on any atom is 0.340 e. The summed E-state index contributed by atoms with van der Waals surface area (Å²) < 4.78 is 15.2. The van der Waals surface area contributed by atoms with Crippen molar-refractivity contribution >= 4 is 28.9 Å². The molecule has 0 spiro atoms. The predicted octanol–water partition coefficient (Wildman–Crippen LogP) is 3.12. The van der Waals surface area contributed by atoms with Gasteiger partial charge in [0.05, 0.1) is 32.6 Å². The number of nitrogens with one attached hydrogen (secondary N) is 1. The number of carbonyl (C=O) groups is 2. The molecule has 1 N–H and O–H groups in total. The Balaban J connectivity index is 2.20. The molecule has 0 aliphatic carbocycles. The molecule has 1 aromatic carbocycles. The number of hydrogen-bond donors (Lipinski definition) is 1. The van der Waals surface area contributed by atoms with Crippen LogP contribution in [0.2, 0.25) is 0 Å². The van der Waals surface area contributed by atoms with E-state index in [9.17, 15) is 9.59 Å². The molecular formula is C17H19NO5S. The highest BCUT2D eigenvalue weighted by molar-refractivity contribution is 7.09. The SMILES string of the molecule is COC(=O)c1cc(OC)c(OC)cc1NC(=O)CCc1cccs1. The van der Waals surface area contributed by atoms with Gasteiger partial charge in [-0.3, -0.25) is 4.79 Å². The summed E-state index contributed by atoms with van der Waals surface area (Å²) in [6, 6.07) is 6.96. The van der Waals surface area contributed by atoms with Crippen LogP contribution in [-0.2, 0) is 16.0 Å². The zero-order chi connectivity index (χ0) is 17.5. The summed E-state index contributed by atoms with van der Waals surface area (Å²) in [7, 11) is 4.23. The van der Waals surface area contributed by atoms with Crippen LogP contribution < -0.4 is 14.8 Å². The molecule has 24 heavy (non-hydrogen) atoms. The molecule has 0 atom stereocenters. The molecule has 2 rings (SSSR count). The van der Waals surface area contributed by atoms with Gasteiger partial charge in [0.1, 0.15) is 0 Å². The Kier molecular flexibility index (Phi) is 6.20. The summed E-state index contributed by atoms with van der Waals surface area (Å²) in [5.41, 5.74) is 0.537. The summed E-state index contributed by atoms with van der Waals surface area (Å²) in [6.45, 7) is 0. The van der Waals surface area contributed by atoms with Gasteiger partial charge in [-0.15, -0.1) is 11.3 Å². The number of benzene rings is 1. The lowest BCUT2D eigenvalue weighted by Crippen LogP contribution is -2.16. The van der Waals surface area contributed by atoms with Gasteiger partial charge in [0.2, 0.25) is 5.91 Å². The lowest BCUT2D eigenvalue weighted by molar-refractivity contribution is -0.116. The van der Waals surface area contributed by atoms with E-state index in [1.54, 1.807) is 17.4 Å². The van der Waals surface area contributed by atoms with E-state index in [0.717, 1.165) is 4.88 Å². The number of rotatable bonds is 7. The number of anilines is 1. The zero-order valence-electron chi connectivity index (χ0n) is 13.8. The van der Waals surface area contributed by atoms with Crippen molar-refractivity contribution in [2.45, 2.75) is 12.8 Å². The third-order valence-corrected chi connectivity index (χ3v) is 4.32. The van der Waals surface area contributed by atoms with Crippen LogP contribution in [0.15, 0.2) is 29.6 Å². The van der Waals surface area contributed by atoms with Gasteiger partial charge < -0.3 is 19.5 Å². The Hall–Kier alpha value is -2.54. The van der Waals surface area contributed by atoms with Crippen molar-refractivity contribution in [2.75, 3.05) is 26.6 Å². The highest BCUT2D eigenvalue weighted by atomic mass is 32.1. The van der Waals surface area contributed by atoms with Crippen LogP contribution in [0.5, 0.6) is 11.5 Å². The fourth-order valence-electron chi connectivity index (χ4n) is 2.17. The molecule has 128 valence electrons.